The van der Waals surface area contributed by atoms with Crippen molar-refractivity contribution in [2.24, 2.45) is 5.84 Å². The SMILES string of the molecule is Cc1ccc(F)cc1C(NN)c1cccc(C)c1Br. The number of aryl methyl sites for hydroxylation is 2. The Labute approximate surface area is 120 Å². The van der Waals surface area contributed by atoms with E-state index < -0.39 is 0 Å². The van der Waals surface area contributed by atoms with Gasteiger partial charge in [-0.3, -0.25) is 5.84 Å². The van der Waals surface area contributed by atoms with Crippen LogP contribution in [0.25, 0.3) is 0 Å². The first-order valence-electron chi connectivity index (χ1n) is 6.01. The van der Waals surface area contributed by atoms with Gasteiger partial charge >= 0.3 is 0 Å². The van der Waals surface area contributed by atoms with Gasteiger partial charge in [0.05, 0.1) is 6.04 Å². The average molecular weight is 323 g/mol. The van der Waals surface area contributed by atoms with Crippen LogP contribution in [0.1, 0.15) is 28.3 Å². The van der Waals surface area contributed by atoms with Gasteiger partial charge in [0.25, 0.3) is 0 Å². The van der Waals surface area contributed by atoms with Crippen molar-refractivity contribution in [1.82, 2.24) is 5.43 Å². The molecule has 2 aromatic carbocycles. The molecule has 0 aliphatic rings. The average Bonchev–Trinajstić information content (AvgIpc) is 2.39. The van der Waals surface area contributed by atoms with Gasteiger partial charge in [-0.1, -0.05) is 40.2 Å². The molecule has 0 aliphatic carbocycles. The van der Waals surface area contributed by atoms with Gasteiger partial charge in [-0.2, -0.15) is 0 Å². The van der Waals surface area contributed by atoms with Crippen LogP contribution in [0.2, 0.25) is 0 Å². The van der Waals surface area contributed by atoms with Gasteiger partial charge in [-0.15, -0.1) is 0 Å². The minimum atomic E-state index is -0.260. The van der Waals surface area contributed by atoms with Gasteiger partial charge in [0.1, 0.15) is 5.82 Å². The Morgan fingerprint density at radius 3 is 2.53 bits per heavy atom. The molecule has 2 nitrogen and oxygen atoms in total. The van der Waals surface area contributed by atoms with Crippen molar-refractivity contribution in [3.05, 3.63) is 68.9 Å². The van der Waals surface area contributed by atoms with Gasteiger partial charge in [0.15, 0.2) is 0 Å². The van der Waals surface area contributed by atoms with Crippen molar-refractivity contribution in [3.63, 3.8) is 0 Å². The van der Waals surface area contributed by atoms with Gasteiger partial charge in [-0.05, 0) is 48.2 Å². The van der Waals surface area contributed by atoms with E-state index in [0.717, 1.165) is 26.7 Å². The maximum atomic E-state index is 13.5. The Kier molecular flexibility index (Phi) is 4.34. The molecular weight excluding hydrogens is 307 g/mol. The molecule has 19 heavy (non-hydrogen) atoms. The third kappa shape index (κ3) is 2.86. The summed E-state index contributed by atoms with van der Waals surface area (Å²) in [6, 6.07) is 10.5. The van der Waals surface area contributed by atoms with Crippen LogP contribution in [0.4, 0.5) is 4.39 Å². The zero-order chi connectivity index (χ0) is 14.0. The van der Waals surface area contributed by atoms with Crippen LogP contribution in [0.15, 0.2) is 40.9 Å². The summed E-state index contributed by atoms with van der Waals surface area (Å²) in [7, 11) is 0. The van der Waals surface area contributed by atoms with Crippen molar-refractivity contribution in [1.29, 1.82) is 0 Å². The van der Waals surface area contributed by atoms with E-state index in [4.69, 9.17) is 5.84 Å². The monoisotopic (exact) mass is 322 g/mol. The molecule has 0 aliphatic heterocycles. The minimum absolute atomic E-state index is 0.245. The highest BCUT2D eigenvalue weighted by Gasteiger charge is 2.18. The van der Waals surface area contributed by atoms with E-state index >= 15 is 0 Å². The van der Waals surface area contributed by atoms with E-state index in [1.165, 1.54) is 12.1 Å². The first kappa shape index (κ1) is 14.2. The van der Waals surface area contributed by atoms with Crippen LogP contribution in [0.3, 0.4) is 0 Å². The fourth-order valence-corrected chi connectivity index (χ4v) is 2.66. The van der Waals surface area contributed by atoms with Gasteiger partial charge in [-0.25, -0.2) is 9.82 Å². The number of nitrogens with one attached hydrogen (secondary N) is 1. The summed E-state index contributed by atoms with van der Waals surface area (Å²) >= 11 is 3.57. The fourth-order valence-electron chi connectivity index (χ4n) is 2.16. The van der Waals surface area contributed by atoms with Crippen LogP contribution in [-0.2, 0) is 0 Å². The Morgan fingerprint density at radius 2 is 1.84 bits per heavy atom. The number of hydrogen-bond donors (Lipinski definition) is 2. The van der Waals surface area contributed by atoms with E-state index in [1.54, 1.807) is 6.07 Å². The lowest BCUT2D eigenvalue weighted by Gasteiger charge is -2.21. The van der Waals surface area contributed by atoms with E-state index in [0.29, 0.717) is 0 Å². The summed E-state index contributed by atoms with van der Waals surface area (Å²) in [6.07, 6.45) is 0. The maximum absolute atomic E-state index is 13.5. The molecule has 1 atom stereocenters. The summed E-state index contributed by atoms with van der Waals surface area (Å²) in [4.78, 5) is 0. The molecule has 3 N–H and O–H groups in total. The zero-order valence-corrected chi connectivity index (χ0v) is 12.5. The van der Waals surface area contributed by atoms with Crippen molar-refractivity contribution in [2.75, 3.05) is 0 Å². The second-order valence-corrected chi connectivity index (χ2v) is 5.37. The second-order valence-electron chi connectivity index (χ2n) is 4.58. The summed E-state index contributed by atoms with van der Waals surface area (Å²) in [5.41, 5.74) is 6.73. The molecular formula is C15H16BrFN2. The molecule has 0 heterocycles. The highest BCUT2D eigenvalue weighted by molar-refractivity contribution is 9.10. The molecule has 0 aromatic heterocycles. The topological polar surface area (TPSA) is 38.0 Å². The number of rotatable bonds is 3. The molecule has 0 fully saturated rings. The van der Waals surface area contributed by atoms with Crippen molar-refractivity contribution in [2.45, 2.75) is 19.9 Å². The quantitative estimate of drug-likeness (QED) is 0.667. The number of hydrazine groups is 1. The Bertz CT molecular complexity index is 597. The van der Waals surface area contributed by atoms with Crippen molar-refractivity contribution >= 4 is 15.9 Å². The molecule has 0 amide bonds. The van der Waals surface area contributed by atoms with E-state index in [2.05, 4.69) is 21.4 Å². The van der Waals surface area contributed by atoms with Gasteiger partial charge in [0.2, 0.25) is 0 Å². The van der Waals surface area contributed by atoms with Crippen LogP contribution in [0, 0.1) is 19.7 Å². The molecule has 0 saturated carbocycles. The number of benzene rings is 2. The molecule has 0 spiro atoms. The Morgan fingerprint density at radius 1 is 1.11 bits per heavy atom. The third-order valence-electron chi connectivity index (χ3n) is 3.25. The summed E-state index contributed by atoms with van der Waals surface area (Å²) in [5, 5.41) is 0. The second kappa shape index (κ2) is 5.82. The number of hydrogen-bond acceptors (Lipinski definition) is 2. The summed E-state index contributed by atoms with van der Waals surface area (Å²) in [6.45, 7) is 3.96. The van der Waals surface area contributed by atoms with Crippen LogP contribution >= 0.6 is 15.9 Å². The molecule has 0 bridgehead atoms. The highest BCUT2D eigenvalue weighted by Crippen LogP contribution is 2.32. The van der Waals surface area contributed by atoms with Gasteiger partial charge in [0, 0.05) is 4.47 Å². The molecule has 2 rings (SSSR count). The first-order chi connectivity index (χ1) is 9.04. The predicted octanol–water partition coefficient (Wildman–Crippen LogP) is 3.76. The molecule has 0 radical (unpaired) electrons. The lowest BCUT2D eigenvalue weighted by Crippen LogP contribution is -2.29. The predicted molar refractivity (Wildman–Crippen MR) is 79.2 cm³/mol. The molecule has 0 saturated heterocycles. The lowest BCUT2D eigenvalue weighted by molar-refractivity contribution is 0.601. The number of halogens is 2. The molecule has 1 unspecified atom stereocenters. The minimum Gasteiger partial charge on any atom is -0.271 e. The lowest BCUT2D eigenvalue weighted by atomic mass is 9.94. The Balaban J connectivity index is 2.56. The van der Waals surface area contributed by atoms with Crippen molar-refractivity contribution in [3.8, 4) is 0 Å². The fraction of sp³-hybridized carbons (Fsp3) is 0.200. The van der Waals surface area contributed by atoms with E-state index in [1.807, 2.05) is 32.0 Å². The smallest absolute Gasteiger partial charge is 0.123 e. The highest BCUT2D eigenvalue weighted by atomic mass is 79.9. The van der Waals surface area contributed by atoms with Crippen molar-refractivity contribution < 1.29 is 4.39 Å². The summed E-state index contributed by atoms with van der Waals surface area (Å²) in [5.74, 6) is 5.42. The summed E-state index contributed by atoms with van der Waals surface area (Å²) < 4.78 is 14.4. The zero-order valence-electron chi connectivity index (χ0n) is 10.9. The molecule has 2 aromatic rings. The largest absolute Gasteiger partial charge is 0.271 e. The Hall–Kier alpha value is -1.23. The third-order valence-corrected chi connectivity index (χ3v) is 4.33. The van der Waals surface area contributed by atoms with E-state index in [9.17, 15) is 4.39 Å². The molecule has 4 heteroatoms. The molecule has 100 valence electrons. The normalized spacial score (nSPS) is 12.5. The van der Waals surface area contributed by atoms with Crippen LogP contribution < -0.4 is 11.3 Å². The maximum Gasteiger partial charge on any atom is 0.123 e. The van der Waals surface area contributed by atoms with Crippen LogP contribution in [0.5, 0.6) is 0 Å². The van der Waals surface area contributed by atoms with Gasteiger partial charge < -0.3 is 0 Å². The van der Waals surface area contributed by atoms with E-state index in [-0.39, 0.29) is 11.9 Å². The first-order valence-corrected chi connectivity index (χ1v) is 6.81. The standard InChI is InChI=1S/C15H16BrFN2/c1-9-6-7-11(17)8-13(9)15(19-18)12-5-3-4-10(2)14(12)16/h3-8,15,19H,18H2,1-2H3. The van der Waals surface area contributed by atoms with Crippen LogP contribution in [-0.4, -0.2) is 0 Å². The number of nitrogens with two attached hydrogens (primary N) is 1.